The van der Waals surface area contributed by atoms with Gasteiger partial charge in [0.2, 0.25) is 5.95 Å². The minimum Gasteiger partial charge on any atom is -0.351 e. The second kappa shape index (κ2) is 5.59. The lowest BCUT2D eigenvalue weighted by Gasteiger charge is -2.06. The first-order valence-corrected chi connectivity index (χ1v) is 6.65. The van der Waals surface area contributed by atoms with Crippen LogP contribution in [0, 0.1) is 11.3 Å². The van der Waals surface area contributed by atoms with E-state index in [1.165, 1.54) is 12.4 Å². The van der Waals surface area contributed by atoms with E-state index in [-0.39, 0.29) is 5.91 Å². The summed E-state index contributed by atoms with van der Waals surface area (Å²) in [6.07, 6.45) is 5.25. The Balaban J connectivity index is 1.68. The van der Waals surface area contributed by atoms with Crippen LogP contribution in [0.3, 0.4) is 0 Å². The van der Waals surface area contributed by atoms with Crippen molar-refractivity contribution in [3.8, 4) is 6.07 Å². The molecule has 2 N–H and O–H groups in total. The Morgan fingerprint density at radius 1 is 1.29 bits per heavy atom. The maximum Gasteiger partial charge on any atom is 0.258 e. The predicted octanol–water partition coefficient (Wildman–Crippen LogP) is 2.17. The van der Waals surface area contributed by atoms with Gasteiger partial charge >= 0.3 is 0 Å². The van der Waals surface area contributed by atoms with E-state index in [0.717, 1.165) is 12.8 Å². The largest absolute Gasteiger partial charge is 0.351 e. The average molecular weight is 279 g/mol. The van der Waals surface area contributed by atoms with Gasteiger partial charge in [-0.25, -0.2) is 9.97 Å². The lowest BCUT2D eigenvalue weighted by molar-refractivity contribution is 0.102. The second-order valence-corrected chi connectivity index (χ2v) is 4.86. The molecule has 2 aromatic rings. The molecule has 1 aliphatic rings. The van der Waals surface area contributed by atoms with Crippen LogP contribution in [0.5, 0.6) is 0 Å². The van der Waals surface area contributed by atoms with E-state index in [9.17, 15) is 4.79 Å². The van der Waals surface area contributed by atoms with Crippen LogP contribution in [-0.4, -0.2) is 21.9 Å². The molecule has 1 aliphatic carbocycles. The van der Waals surface area contributed by atoms with Crippen LogP contribution in [0.25, 0.3) is 0 Å². The number of aromatic nitrogens is 2. The number of benzene rings is 1. The first-order chi connectivity index (χ1) is 10.2. The van der Waals surface area contributed by atoms with Crippen LogP contribution in [0.4, 0.5) is 11.6 Å². The summed E-state index contributed by atoms with van der Waals surface area (Å²) in [5.41, 5.74) is 1.44. The van der Waals surface area contributed by atoms with Crippen LogP contribution in [-0.2, 0) is 0 Å². The van der Waals surface area contributed by atoms with E-state index < -0.39 is 0 Å². The van der Waals surface area contributed by atoms with Gasteiger partial charge in [0.15, 0.2) is 0 Å². The molecule has 1 aromatic heterocycles. The number of rotatable bonds is 4. The summed E-state index contributed by atoms with van der Waals surface area (Å²) in [4.78, 5) is 20.3. The Labute approximate surface area is 121 Å². The van der Waals surface area contributed by atoms with Crippen molar-refractivity contribution in [2.24, 2.45) is 0 Å². The number of carbonyl (C=O) groups excluding carboxylic acids is 1. The van der Waals surface area contributed by atoms with Gasteiger partial charge in [0.1, 0.15) is 0 Å². The molecule has 6 heteroatoms. The number of nitriles is 1. The summed E-state index contributed by atoms with van der Waals surface area (Å²) in [5.74, 6) is 0.239. The third-order valence-electron chi connectivity index (χ3n) is 3.07. The Kier molecular flexibility index (Phi) is 3.48. The van der Waals surface area contributed by atoms with Gasteiger partial charge in [0, 0.05) is 24.1 Å². The van der Waals surface area contributed by atoms with E-state index in [1.807, 2.05) is 6.07 Å². The van der Waals surface area contributed by atoms with Crippen LogP contribution >= 0.6 is 0 Å². The molecule has 0 saturated heterocycles. The fraction of sp³-hybridized carbons (Fsp3) is 0.200. The first kappa shape index (κ1) is 13.1. The molecule has 0 unspecified atom stereocenters. The lowest BCUT2D eigenvalue weighted by Crippen LogP contribution is -2.13. The number of carbonyl (C=O) groups is 1. The van der Waals surface area contributed by atoms with Crippen LogP contribution in [0.15, 0.2) is 36.7 Å². The Morgan fingerprint density at radius 2 is 2.05 bits per heavy atom. The minimum atomic E-state index is -0.303. The minimum absolute atomic E-state index is 0.303. The predicted molar refractivity (Wildman–Crippen MR) is 77.8 cm³/mol. The number of nitrogens with one attached hydrogen (secondary N) is 2. The SMILES string of the molecule is N#Cc1cccc(NC(=O)c2cnc(NC3CC3)nc2)c1. The number of amides is 1. The molecule has 3 rings (SSSR count). The molecule has 1 amide bonds. The van der Waals surface area contributed by atoms with Crippen LogP contribution in [0.1, 0.15) is 28.8 Å². The van der Waals surface area contributed by atoms with E-state index >= 15 is 0 Å². The van der Waals surface area contributed by atoms with Gasteiger partial charge in [-0.15, -0.1) is 0 Å². The molecular formula is C15H13N5O. The smallest absolute Gasteiger partial charge is 0.258 e. The van der Waals surface area contributed by atoms with Gasteiger partial charge in [-0.3, -0.25) is 4.79 Å². The van der Waals surface area contributed by atoms with Crippen molar-refractivity contribution in [3.63, 3.8) is 0 Å². The van der Waals surface area contributed by atoms with Crippen molar-refractivity contribution < 1.29 is 4.79 Å². The van der Waals surface area contributed by atoms with Gasteiger partial charge in [0.05, 0.1) is 17.2 Å². The highest BCUT2D eigenvalue weighted by Gasteiger charge is 2.21. The fourth-order valence-corrected chi connectivity index (χ4v) is 1.80. The third kappa shape index (κ3) is 3.34. The zero-order chi connectivity index (χ0) is 14.7. The molecule has 0 aliphatic heterocycles. The van der Waals surface area contributed by atoms with Crippen molar-refractivity contribution >= 4 is 17.5 Å². The van der Waals surface area contributed by atoms with Crippen molar-refractivity contribution in [2.45, 2.75) is 18.9 Å². The third-order valence-corrected chi connectivity index (χ3v) is 3.07. The van der Waals surface area contributed by atoms with Gasteiger partial charge < -0.3 is 10.6 Å². The van der Waals surface area contributed by atoms with E-state index in [1.54, 1.807) is 24.3 Å². The Bertz CT molecular complexity index is 701. The maximum atomic E-state index is 12.1. The molecule has 1 heterocycles. The summed E-state index contributed by atoms with van der Waals surface area (Å²) in [5, 5.41) is 14.7. The quantitative estimate of drug-likeness (QED) is 0.895. The molecular weight excluding hydrogens is 266 g/mol. The highest BCUT2D eigenvalue weighted by atomic mass is 16.1. The summed E-state index contributed by atoms with van der Waals surface area (Å²) in [6.45, 7) is 0. The van der Waals surface area contributed by atoms with E-state index in [4.69, 9.17) is 5.26 Å². The summed E-state index contributed by atoms with van der Waals surface area (Å²) >= 11 is 0. The highest BCUT2D eigenvalue weighted by molar-refractivity contribution is 6.03. The standard InChI is InChI=1S/C15H13N5O/c16-7-10-2-1-3-13(6-10)19-14(21)11-8-17-15(18-9-11)20-12-4-5-12/h1-3,6,8-9,12H,4-5H2,(H,19,21)(H,17,18,20). The second-order valence-electron chi connectivity index (χ2n) is 4.86. The number of anilines is 2. The lowest BCUT2D eigenvalue weighted by atomic mass is 10.2. The van der Waals surface area contributed by atoms with Crippen molar-refractivity contribution in [1.82, 2.24) is 9.97 Å². The van der Waals surface area contributed by atoms with Crippen molar-refractivity contribution in [3.05, 3.63) is 47.8 Å². The monoisotopic (exact) mass is 279 g/mol. The fourth-order valence-electron chi connectivity index (χ4n) is 1.80. The molecule has 104 valence electrons. The summed E-state index contributed by atoms with van der Waals surface area (Å²) in [7, 11) is 0. The maximum absolute atomic E-state index is 12.1. The Hall–Kier alpha value is -2.94. The zero-order valence-electron chi connectivity index (χ0n) is 11.2. The van der Waals surface area contributed by atoms with Crippen LogP contribution in [0.2, 0.25) is 0 Å². The van der Waals surface area contributed by atoms with E-state index in [0.29, 0.717) is 28.8 Å². The van der Waals surface area contributed by atoms with E-state index in [2.05, 4.69) is 20.6 Å². The van der Waals surface area contributed by atoms with Gasteiger partial charge in [-0.2, -0.15) is 5.26 Å². The van der Waals surface area contributed by atoms with Crippen molar-refractivity contribution in [1.29, 1.82) is 5.26 Å². The van der Waals surface area contributed by atoms with Gasteiger partial charge in [0.25, 0.3) is 5.91 Å². The molecule has 1 aromatic carbocycles. The number of nitrogens with zero attached hydrogens (tertiary/aromatic N) is 3. The number of hydrogen-bond acceptors (Lipinski definition) is 5. The molecule has 21 heavy (non-hydrogen) atoms. The Morgan fingerprint density at radius 3 is 2.71 bits per heavy atom. The topological polar surface area (TPSA) is 90.7 Å². The molecule has 0 spiro atoms. The normalized spacial score (nSPS) is 13.3. The summed E-state index contributed by atoms with van der Waals surface area (Å²) in [6, 6.07) is 9.23. The summed E-state index contributed by atoms with van der Waals surface area (Å²) < 4.78 is 0. The molecule has 1 saturated carbocycles. The zero-order valence-corrected chi connectivity index (χ0v) is 11.2. The molecule has 0 bridgehead atoms. The first-order valence-electron chi connectivity index (χ1n) is 6.65. The molecule has 1 fully saturated rings. The molecule has 0 atom stereocenters. The number of hydrogen-bond donors (Lipinski definition) is 2. The van der Waals surface area contributed by atoms with Crippen LogP contribution < -0.4 is 10.6 Å². The van der Waals surface area contributed by atoms with Crippen molar-refractivity contribution in [2.75, 3.05) is 10.6 Å². The molecule has 6 nitrogen and oxygen atoms in total. The van der Waals surface area contributed by atoms with Gasteiger partial charge in [-0.05, 0) is 31.0 Å². The van der Waals surface area contributed by atoms with Gasteiger partial charge in [-0.1, -0.05) is 6.07 Å². The highest BCUT2D eigenvalue weighted by Crippen LogP contribution is 2.22. The average Bonchev–Trinajstić information content (AvgIpc) is 3.32. The molecule has 0 radical (unpaired) electrons.